The highest BCUT2D eigenvalue weighted by Gasteiger charge is 2.36. The van der Waals surface area contributed by atoms with E-state index in [9.17, 15) is 14.4 Å². The Morgan fingerprint density at radius 1 is 1.21 bits per heavy atom. The third kappa shape index (κ3) is 4.89. The summed E-state index contributed by atoms with van der Waals surface area (Å²) >= 11 is 5.96. The molecule has 1 aliphatic heterocycles. The van der Waals surface area contributed by atoms with Crippen LogP contribution in [-0.4, -0.2) is 30.9 Å². The molecule has 7 heteroatoms. The Kier molecular flexibility index (Phi) is 6.31. The molecule has 6 nitrogen and oxygen atoms in total. The molecule has 1 aliphatic rings. The van der Waals surface area contributed by atoms with Crippen LogP contribution < -0.4 is 10.2 Å². The van der Waals surface area contributed by atoms with Crippen molar-refractivity contribution in [2.24, 2.45) is 5.92 Å². The molecule has 1 saturated heterocycles. The van der Waals surface area contributed by atoms with Crippen LogP contribution in [0.2, 0.25) is 5.02 Å². The molecule has 28 heavy (non-hydrogen) atoms. The van der Waals surface area contributed by atoms with Crippen LogP contribution >= 0.6 is 11.6 Å². The molecule has 2 aromatic rings. The SMILES string of the molecule is CCc1ccc(NC(=O)COC(=O)C2CC(=O)N(c3cccc(Cl)c3)C2)cc1. The minimum absolute atomic E-state index is 0.0471. The molecule has 1 N–H and O–H groups in total. The summed E-state index contributed by atoms with van der Waals surface area (Å²) in [7, 11) is 0. The van der Waals surface area contributed by atoms with E-state index >= 15 is 0 Å². The van der Waals surface area contributed by atoms with Crippen molar-refractivity contribution in [3.05, 3.63) is 59.1 Å². The molecule has 0 aliphatic carbocycles. The lowest BCUT2D eigenvalue weighted by Gasteiger charge is -2.16. The van der Waals surface area contributed by atoms with Gasteiger partial charge in [0, 0.05) is 29.4 Å². The monoisotopic (exact) mass is 400 g/mol. The quantitative estimate of drug-likeness (QED) is 0.753. The first-order chi connectivity index (χ1) is 13.5. The molecule has 1 atom stereocenters. The second-order valence-electron chi connectivity index (χ2n) is 6.59. The number of benzene rings is 2. The van der Waals surface area contributed by atoms with Crippen molar-refractivity contribution >= 4 is 40.8 Å². The molecular formula is C21H21ClN2O4. The number of aryl methyl sites for hydroxylation is 1. The van der Waals surface area contributed by atoms with Gasteiger partial charge in [-0.1, -0.05) is 36.7 Å². The summed E-state index contributed by atoms with van der Waals surface area (Å²) in [5.41, 5.74) is 2.45. The highest BCUT2D eigenvalue weighted by atomic mass is 35.5. The van der Waals surface area contributed by atoms with E-state index < -0.39 is 24.4 Å². The van der Waals surface area contributed by atoms with Crippen molar-refractivity contribution in [2.45, 2.75) is 19.8 Å². The number of amides is 2. The number of rotatable bonds is 6. The zero-order valence-corrected chi connectivity index (χ0v) is 16.2. The van der Waals surface area contributed by atoms with Gasteiger partial charge in [0.2, 0.25) is 5.91 Å². The third-order valence-corrected chi connectivity index (χ3v) is 4.80. The number of carbonyl (C=O) groups excluding carboxylic acids is 3. The summed E-state index contributed by atoms with van der Waals surface area (Å²) in [6, 6.07) is 14.3. The van der Waals surface area contributed by atoms with Gasteiger partial charge >= 0.3 is 5.97 Å². The van der Waals surface area contributed by atoms with Gasteiger partial charge in [-0.05, 0) is 42.3 Å². The summed E-state index contributed by atoms with van der Waals surface area (Å²) in [5, 5.41) is 3.19. The second-order valence-corrected chi connectivity index (χ2v) is 7.03. The van der Waals surface area contributed by atoms with E-state index in [0.29, 0.717) is 16.4 Å². The van der Waals surface area contributed by atoms with Crippen LogP contribution in [-0.2, 0) is 25.5 Å². The minimum atomic E-state index is -0.608. The van der Waals surface area contributed by atoms with Crippen LogP contribution in [0.5, 0.6) is 0 Å². The molecule has 1 unspecified atom stereocenters. The standard InChI is InChI=1S/C21H21ClN2O4/c1-2-14-6-8-17(9-7-14)23-19(25)13-28-21(27)15-10-20(26)24(12-15)18-5-3-4-16(22)11-18/h3-9,11,15H,2,10,12-13H2,1H3,(H,23,25). The van der Waals surface area contributed by atoms with Gasteiger partial charge in [-0.15, -0.1) is 0 Å². The first-order valence-electron chi connectivity index (χ1n) is 9.07. The van der Waals surface area contributed by atoms with Crippen LogP contribution in [0.25, 0.3) is 0 Å². The summed E-state index contributed by atoms with van der Waals surface area (Å²) in [6.45, 7) is 1.86. The van der Waals surface area contributed by atoms with E-state index in [1.165, 1.54) is 10.5 Å². The molecule has 3 rings (SSSR count). The van der Waals surface area contributed by atoms with Gasteiger partial charge in [-0.25, -0.2) is 0 Å². The lowest BCUT2D eigenvalue weighted by Crippen LogP contribution is -2.28. The van der Waals surface area contributed by atoms with Crippen LogP contribution in [0.1, 0.15) is 18.9 Å². The molecule has 2 aromatic carbocycles. The number of nitrogens with one attached hydrogen (secondary N) is 1. The summed E-state index contributed by atoms with van der Waals surface area (Å²) in [4.78, 5) is 38.0. The van der Waals surface area contributed by atoms with Gasteiger partial charge in [0.15, 0.2) is 6.61 Å². The number of hydrogen-bond acceptors (Lipinski definition) is 4. The van der Waals surface area contributed by atoms with Gasteiger partial charge in [0.25, 0.3) is 5.91 Å². The molecule has 0 radical (unpaired) electrons. The Balaban J connectivity index is 1.50. The largest absolute Gasteiger partial charge is 0.455 e. The Morgan fingerprint density at radius 2 is 1.96 bits per heavy atom. The summed E-state index contributed by atoms with van der Waals surface area (Å²) < 4.78 is 5.11. The zero-order chi connectivity index (χ0) is 20.1. The molecule has 146 valence electrons. The maximum absolute atomic E-state index is 12.3. The Labute approximate surface area is 168 Å². The highest BCUT2D eigenvalue weighted by Crippen LogP contribution is 2.27. The highest BCUT2D eigenvalue weighted by molar-refractivity contribution is 6.31. The number of hydrogen-bond donors (Lipinski definition) is 1. The molecule has 0 aromatic heterocycles. The molecule has 0 bridgehead atoms. The fourth-order valence-electron chi connectivity index (χ4n) is 3.03. The lowest BCUT2D eigenvalue weighted by atomic mass is 10.1. The maximum atomic E-state index is 12.3. The topological polar surface area (TPSA) is 75.7 Å². The third-order valence-electron chi connectivity index (χ3n) is 4.57. The second kappa shape index (κ2) is 8.89. The smallest absolute Gasteiger partial charge is 0.311 e. The first-order valence-corrected chi connectivity index (χ1v) is 9.45. The van der Waals surface area contributed by atoms with Gasteiger partial charge in [-0.3, -0.25) is 14.4 Å². The van der Waals surface area contributed by atoms with Crippen molar-refractivity contribution in [3.63, 3.8) is 0 Å². The van der Waals surface area contributed by atoms with Gasteiger partial charge in [0.1, 0.15) is 0 Å². The zero-order valence-electron chi connectivity index (χ0n) is 15.5. The number of esters is 1. The molecule has 1 fully saturated rings. The van der Waals surface area contributed by atoms with Crippen LogP contribution in [0.4, 0.5) is 11.4 Å². The number of halogens is 1. The lowest BCUT2D eigenvalue weighted by molar-refractivity contribution is -0.151. The fourth-order valence-corrected chi connectivity index (χ4v) is 3.22. The van der Waals surface area contributed by atoms with Gasteiger partial charge in [0.05, 0.1) is 5.92 Å². The van der Waals surface area contributed by atoms with Crippen molar-refractivity contribution in [1.82, 2.24) is 0 Å². The number of anilines is 2. The normalized spacial score (nSPS) is 16.1. The maximum Gasteiger partial charge on any atom is 0.311 e. The average Bonchev–Trinajstić information content (AvgIpc) is 3.08. The molecule has 0 saturated carbocycles. The molecule has 1 heterocycles. The summed E-state index contributed by atoms with van der Waals surface area (Å²) in [6.07, 6.45) is 0.962. The van der Waals surface area contributed by atoms with Crippen molar-refractivity contribution in [1.29, 1.82) is 0 Å². The fraction of sp³-hybridized carbons (Fsp3) is 0.286. The molecule has 0 spiro atoms. The summed E-state index contributed by atoms with van der Waals surface area (Å²) in [5.74, 6) is -1.77. The van der Waals surface area contributed by atoms with Gasteiger partial charge in [-0.2, -0.15) is 0 Å². The van der Waals surface area contributed by atoms with E-state index in [4.69, 9.17) is 16.3 Å². The van der Waals surface area contributed by atoms with E-state index in [2.05, 4.69) is 5.32 Å². The Bertz CT molecular complexity index is 882. The van der Waals surface area contributed by atoms with Crippen molar-refractivity contribution in [2.75, 3.05) is 23.4 Å². The Hall–Kier alpha value is -2.86. The first kappa shape index (κ1) is 19.9. The van der Waals surface area contributed by atoms with E-state index in [1.807, 2.05) is 19.1 Å². The molecule has 2 amide bonds. The average molecular weight is 401 g/mol. The van der Waals surface area contributed by atoms with Crippen LogP contribution in [0, 0.1) is 5.92 Å². The molecular weight excluding hydrogens is 380 g/mol. The predicted octanol–water partition coefficient (Wildman–Crippen LogP) is 3.44. The number of carbonyl (C=O) groups is 3. The van der Waals surface area contributed by atoms with Crippen molar-refractivity contribution < 1.29 is 19.1 Å². The van der Waals surface area contributed by atoms with Crippen LogP contribution in [0.15, 0.2) is 48.5 Å². The van der Waals surface area contributed by atoms with E-state index in [0.717, 1.165) is 6.42 Å². The van der Waals surface area contributed by atoms with Gasteiger partial charge < -0.3 is 15.0 Å². The predicted molar refractivity (Wildman–Crippen MR) is 107 cm³/mol. The van der Waals surface area contributed by atoms with Crippen LogP contribution in [0.3, 0.4) is 0 Å². The van der Waals surface area contributed by atoms with E-state index in [1.54, 1.807) is 36.4 Å². The van der Waals surface area contributed by atoms with Crippen molar-refractivity contribution in [3.8, 4) is 0 Å². The Morgan fingerprint density at radius 3 is 2.64 bits per heavy atom. The minimum Gasteiger partial charge on any atom is -0.455 e. The van der Waals surface area contributed by atoms with E-state index in [-0.39, 0.29) is 18.9 Å². The number of nitrogens with zero attached hydrogens (tertiary/aromatic N) is 1. The number of ether oxygens (including phenoxy) is 1.